The second-order valence-corrected chi connectivity index (χ2v) is 7.14. The smallest absolute Gasteiger partial charge is 0.274 e. The normalized spacial score (nSPS) is 11.0. The van der Waals surface area contributed by atoms with Crippen LogP contribution >= 0.6 is 0 Å². The molecule has 0 spiro atoms. The Morgan fingerprint density at radius 1 is 1.10 bits per heavy atom. The summed E-state index contributed by atoms with van der Waals surface area (Å²) in [5, 5.41) is 10.8. The van der Waals surface area contributed by atoms with Crippen molar-refractivity contribution < 1.29 is 14.8 Å². The Balaban J connectivity index is 1.64. The highest BCUT2D eigenvalue weighted by molar-refractivity contribution is 6.10. The Kier molecular flexibility index (Phi) is 5.20. The Bertz CT molecular complexity index is 1240. The second-order valence-electron chi connectivity index (χ2n) is 7.14. The topological polar surface area (TPSA) is 98.3 Å². The van der Waals surface area contributed by atoms with Gasteiger partial charge in [0, 0.05) is 34.9 Å². The van der Waals surface area contributed by atoms with Crippen LogP contribution in [0.25, 0.3) is 21.8 Å². The van der Waals surface area contributed by atoms with E-state index in [0.717, 1.165) is 33.1 Å². The van der Waals surface area contributed by atoms with Crippen LogP contribution in [0.2, 0.25) is 0 Å². The predicted molar refractivity (Wildman–Crippen MR) is 114 cm³/mol. The third kappa shape index (κ3) is 3.51. The molecule has 7 heteroatoms. The summed E-state index contributed by atoms with van der Waals surface area (Å²) in [6, 6.07) is 16.6. The molecule has 7 nitrogen and oxygen atoms in total. The van der Waals surface area contributed by atoms with Gasteiger partial charge < -0.3 is 9.88 Å². The van der Waals surface area contributed by atoms with E-state index >= 15 is 0 Å². The predicted octanol–water partition coefficient (Wildman–Crippen LogP) is 3.81. The number of pyridine rings is 1. The fourth-order valence-corrected chi connectivity index (χ4v) is 3.65. The highest BCUT2D eigenvalue weighted by Gasteiger charge is 2.19. The van der Waals surface area contributed by atoms with Crippen molar-refractivity contribution >= 4 is 33.6 Å². The summed E-state index contributed by atoms with van der Waals surface area (Å²) >= 11 is 0. The number of nitrogens with zero attached hydrogens (tertiary/aromatic N) is 2. The number of benzene rings is 2. The number of carbonyl (C=O) groups is 2. The van der Waals surface area contributed by atoms with Gasteiger partial charge in [0.2, 0.25) is 0 Å². The van der Waals surface area contributed by atoms with E-state index in [2.05, 4.69) is 9.97 Å². The standard InChI is InChI=1S/C23H22N4O3/c1-3-27(13-15-8-10-16(11-9-15)22(28)26-30)23(29)20-12-18-17-6-4-5-7-19(17)25-21(18)14(2)24-20/h4-12,25,30H,3,13H2,1-2H3,(H,26,28). The molecule has 3 N–H and O–H groups in total. The third-order valence-corrected chi connectivity index (χ3v) is 5.26. The van der Waals surface area contributed by atoms with Gasteiger partial charge in [-0.25, -0.2) is 10.5 Å². The first-order valence-corrected chi connectivity index (χ1v) is 9.72. The lowest BCUT2D eigenvalue weighted by Gasteiger charge is -2.21. The molecule has 0 saturated carbocycles. The maximum Gasteiger partial charge on any atom is 0.274 e. The van der Waals surface area contributed by atoms with Crippen LogP contribution in [0.4, 0.5) is 0 Å². The van der Waals surface area contributed by atoms with Crippen molar-refractivity contribution in [3.63, 3.8) is 0 Å². The van der Waals surface area contributed by atoms with Gasteiger partial charge in [0.05, 0.1) is 11.2 Å². The molecule has 0 aliphatic rings. The molecule has 4 rings (SSSR count). The van der Waals surface area contributed by atoms with Gasteiger partial charge in [-0.2, -0.15) is 0 Å². The molecule has 2 aromatic carbocycles. The largest absolute Gasteiger partial charge is 0.353 e. The fourth-order valence-electron chi connectivity index (χ4n) is 3.65. The van der Waals surface area contributed by atoms with Gasteiger partial charge >= 0.3 is 0 Å². The Morgan fingerprint density at radius 3 is 2.53 bits per heavy atom. The number of amides is 2. The molecule has 2 aromatic heterocycles. The van der Waals surface area contributed by atoms with Crippen LogP contribution in [0.1, 0.15) is 39.0 Å². The maximum absolute atomic E-state index is 13.2. The molecule has 0 saturated heterocycles. The zero-order valence-electron chi connectivity index (χ0n) is 16.8. The minimum Gasteiger partial charge on any atom is -0.353 e. The molecule has 152 valence electrons. The van der Waals surface area contributed by atoms with Crippen molar-refractivity contribution in [2.45, 2.75) is 20.4 Å². The first kappa shape index (κ1) is 19.6. The third-order valence-electron chi connectivity index (χ3n) is 5.26. The molecule has 0 unspecified atom stereocenters. The zero-order valence-corrected chi connectivity index (χ0v) is 16.8. The Hall–Kier alpha value is -3.71. The van der Waals surface area contributed by atoms with Crippen LogP contribution in [0.3, 0.4) is 0 Å². The van der Waals surface area contributed by atoms with Crippen molar-refractivity contribution in [2.75, 3.05) is 6.54 Å². The number of H-pyrrole nitrogens is 1. The quantitative estimate of drug-likeness (QED) is 0.349. The van der Waals surface area contributed by atoms with E-state index in [0.29, 0.717) is 24.3 Å². The van der Waals surface area contributed by atoms with E-state index in [1.165, 1.54) is 0 Å². The molecule has 0 atom stereocenters. The number of aryl methyl sites for hydroxylation is 1. The number of fused-ring (bicyclic) bond motifs is 3. The molecule has 2 amide bonds. The van der Waals surface area contributed by atoms with E-state index in [1.807, 2.05) is 44.2 Å². The van der Waals surface area contributed by atoms with Crippen molar-refractivity contribution in [1.82, 2.24) is 20.3 Å². The summed E-state index contributed by atoms with van der Waals surface area (Å²) in [4.78, 5) is 34.3. The molecule has 2 heterocycles. The number of nitrogens with one attached hydrogen (secondary N) is 2. The van der Waals surface area contributed by atoms with Gasteiger partial charge in [-0.3, -0.25) is 14.8 Å². The van der Waals surface area contributed by atoms with Gasteiger partial charge in [-0.05, 0) is 43.7 Å². The van der Waals surface area contributed by atoms with Crippen molar-refractivity contribution in [1.29, 1.82) is 0 Å². The van der Waals surface area contributed by atoms with E-state index in [1.54, 1.807) is 34.6 Å². The SMILES string of the molecule is CCN(Cc1ccc(C(=O)NO)cc1)C(=O)c1cc2c([nH]c3ccccc32)c(C)n1. The second kappa shape index (κ2) is 7.96. The molecule has 0 radical (unpaired) electrons. The lowest BCUT2D eigenvalue weighted by molar-refractivity contribution is 0.0705. The van der Waals surface area contributed by atoms with Gasteiger partial charge in [0.1, 0.15) is 5.69 Å². The van der Waals surface area contributed by atoms with Gasteiger partial charge in [-0.1, -0.05) is 30.3 Å². The minimum absolute atomic E-state index is 0.148. The molecule has 0 aliphatic carbocycles. The highest BCUT2D eigenvalue weighted by atomic mass is 16.5. The lowest BCUT2D eigenvalue weighted by Crippen LogP contribution is -2.31. The van der Waals surface area contributed by atoms with E-state index in [-0.39, 0.29) is 5.91 Å². The van der Waals surface area contributed by atoms with Crippen molar-refractivity contribution in [3.05, 3.63) is 77.1 Å². The molecule has 0 bridgehead atoms. The fraction of sp³-hybridized carbons (Fsp3) is 0.174. The number of hydrogen-bond acceptors (Lipinski definition) is 4. The van der Waals surface area contributed by atoms with Crippen LogP contribution in [-0.2, 0) is 6.54 Å². The molecule has 0 fully saturated rings. The summed E-state index contributed by atoms with van der Waals surface area (Å²) in [7, 11) is 0. The van der Waals surface area contributed by atoms with E-state index in [9.17, 15) is 9.59 Å². The van der Waals surface area contributed by atoms with Crippen molar-refractivity contribution in [2.24, 2.45) is 0 Å². The van der Waals surface area contributed by atoms with Crippen molar-refractivity contribution in [3.8, 4) is 0 Å². The number of para-hydroxylation sites is 1. The van der Waals surface area contributed by atoms with Gasteiger partial charge in [0.25, 0.3) is 11.8 Å². The maximum atomic E-state index is 13.2. The highest BCUT2D eigenvalue weighted by Crippen LogP contribution is 2.27. The van der Waals surface area contributed by atoms with Crippen LogP contribution in [0, 0.1) is 6.92 Å². The number of aromatic amines is 1. The average Bonchev–Trinajstić information content (AvgIpc) is 3.16. The Morgan fingerprint density at radius 2 is 1.83 bits per heavy atom. The van der Waals surface area contributed by atoms with Crippen LogP contribution in [-0.4, -0.2) is 38.4 Å². The van der Waals surface area contributed by atoms with Crippen LogP contribution in [0.15, 0.2) is 54.6 Å². The summed E-state index contributed by atoms with van der Waals surface area (Å²) in [5.74, 6) is -0.721. The number of rotatable bonds is 5. The molecular weight excluding hydrogens is 380 g/mol. The molecular formula is C23H22N4O3. The average molecular weight is 402 g/mol. The first-order valence-electron chi connectivity index (χ1n) is 9.72. The summed E-state index contributed by atoms with van der Waals surface area (Å²) in [6.45, 7) is 4.73. The molecule has 4 aromatic rings. The molecule has 30 heavy (non-hydrogen) atoms. The number of carbonyl (C=O) groups excluding carboxylic acids is 2. The minimum atomic E-state index is -0.573. The Labute approximate surface area is 173 Å². The number of hydrogen-bond donors (Lipinski definition) is 3. The summed E-state index contributed by atoms with van der Waals surface area (Å²) in [5.41, 5.74) is 5.97. The summed E-state index contributed by atoms with van der Waals surface area (Å²) < 4.78 is 0. The van der Waals surface area contributed by atoms with Crippen LogP contribution in [0.5, 0.6) is 0 Å². The number of hydroxylamine groups is 1. The first-order chi connectivity index (χ1) is 14.5. The zero-order chi connectivity index (χ0) is 21.3. The van der Waals surface area contributed by atoms with E-state index < -0.39 is 5.91 Å². The van der Waals surface area contributed by atoms with E-state index in [4.69, 9.17) is 5.21 Å². The number of aromatic nitrogens is 2. The van der Waals surface area contributed by atoms with Crippen LogP contribution < -0.4 is 5.48 Å². The monoisotopic (exact) mass is 402 g/mol. The molecule has 0 aliphatic heterocycles. The van der Waals surface area contributed by atoms with Gasteiger partial charge in [0.15, 0.2) is 0 Å². The van der Waals surface area contributed by atoms with Gasteiger partial charge in [-0.15, -0.1) is 0 Å². The summed E-state index contributed by atoms with van der Waals surface area (Å²) in [6.07, 6.45) is 0. The lowest BCUT2D eigenvalue weighted by atomic mass is 10.1.